The van der Waals surface area contributed by atoms with E-state index in [2.05, 4.69) is 15.2 Å². The van der Waals surface area contributed by atoms with E-state index in [4.69, 9.17) is 4.74 Å². The van der Waals surface area contributed by atoms with Gasteiger partial charge in [0.25, 0.3) is 0 Å². The first kappa shape index (κ1) is 13.6. The monoisotopic (exact) mass is 243 g/mol. The number of thiazole rings is 1. The second-order valence-corrected chi connectivity index (χ2v) is 5.26. The van der Waals surface area contributed by atoms with Crippen LogP contribution < -0.4 is 5.32 Å². The fraction of sp³-hybridized carbons (Fsp3) is 0.727. The molecule has 1 aromatic heterocycles. The summed E-state index contributed by atoms with van der Waals surface area (Å²) >= 11 is 1.74. The Bertz CT molecular complexity index is 289. The van der Waals surface area contributed by atoms with Crippen LogP contribution in [0.1, 0.15) is 9.88 Å². The second kappa shape index (κ2) is 7.73. The molecule has 92 valence electrons. The zero-order valence-corrected chi connectivity index (χ0v) is 11.1. The standard InChI is InChI=1S/C11H21N3OS/c1-10-13-9-11(16-10)8-12-4-6-15-7-5-14(2)3/h9,12H,4-8H2,1-3H3. The first-order chi connectivity index (χ1) is 7.68. The van der Waals surface area contributed by atoms with Gasteiger partial charge in [-0.05, 0) is 21.0 Å². The van der Waals surface area contributed by atoms with Gasteiger partial charge in [-0.2, -0.15) is 0 Å². The number of aromatic nitrogens is 1. The summed E-state index contributed by atoms with van der Waals surface area (Å²) in [7, 11) is 4.10. The lowest BCUT2D eigenvalue weighted by atomic mass is 10.5. The Morgan fingerprint density at radius 1 is 1.44 bits per heavy atom. The van der Waals surface area contributed by atoms with E-state index in [1.807, 2.05) is 27.2 Å². The van der Waals surface area contributed by atoms with E-state index in [1.54, 1.807) is 11.3 Å². The minimum absolute atomic E-state index is 0.769. The van der Waals surface area contributed by atoms with E-state index < -0.39 is 0 Å². The van der Waals surface area contributed by atoms with Crippen molar-refractivity contribution in [2.75, 3.05) is 40.4 Å². The smallest absolute Gasteiger partial charge is 0.0897 e. The van der Waals surface area contributed by atoms with Crippen LogP contribution in [-0.2, 0) is 11.3 Å². The second-order valence-electron chi connectivity index (χ2n) is 3.94. The predicted molar refractivity (Wildman–Crippen MR) is 67.9 cm³/mol. The van der Waals surface area contributed by atoms with Crippen LogP contribution in [0.15, 0.2) is 6.20 Å². The maximum atomic E-state index is 5.47. The van der Waals surface area contributed by atoms with Gasteiger partial charge in [0.2, 0.25) is 0 Å². The van der Waals surface area contributed by atoms with Crippen LogP contribution in [-0.4, -0.2) is 50.3 Å². The van der Waals surface area contributed by atoms with Crippen molar-refractivity contribution in [1.29, 1.82) is 0 Å². The molecule has 4 nitrogen and oxygen atoms in total. The maximum absolute atomic E-state index is 5.47. The molecule has 0 saturated carbocycles. The normalized spacial score (nSPS) is 11.2. The van der Waals surface area contributed by atoms with Crippen molar-refractivity contribution < 1.29 is 4.74 Å². The minimum atomic E-state index is 0.769. The van der Waals surface area contributed by atoms with Gasteiger partial charge in [-0.3, -0.25) is 0 Å². The largest absolute Gasteiger partial charge is 0.379 e. The number of rotatable bonds is 8. The van der Waals surface area contributed by atoms with Crippen LogP contribution in [0.3, 0.4) is 0 Å². The third-order valence-corrected chi connectivity index (χ3v) is 2.99. The van der Waals surface area contributed by atoms with E-state index in [-0.39, 0.29) is 0 Å². The SMILES string of the molecule is Cc1ncc(CNCCOCCN(C)C)s1. The van der Waals surface area contributed by atoms with Crippen molar-refractivity contribution in [3.63, 3.8) is 0 Å². The highest BCUT2D eigenvalue weighted by atomic mass is 32.1. The summed E-state index contributed by atoms with van der Waals surface area (Å²) in [6.07, 6.45) is 1.93. The molecular formula is C11H21N3OS. The molecule has 0 spiro atoms. The summed E-state index contributed by atoms with van der Waals surface area (Å²) in [5.41, 5.74) is 0. The molecule has 0 bridgehead atoms. The average Bonchev–Trinajstić information content (AvgIpc) is 2.62. The van der Waals surface area contributed by atoms with Gasteiger partial charge >= 0.3 is 0 Å². The van der Waals surface area contributed by atoms with E-state index in [1.165, 1.54) is 4.88 Å². The van der Waals surface area contributed by atoms with Crippen LogP contribution >= 0.6 is 11.3 Å². The number of aryl methyl sites for hydroxylation is 1. The molecule has 0 aliphatic heterocycles. The molecule has 0 atom stereocenters. The van der Waals surface area contributed by atoms with Gasteiger partial charge < -0.3 is 15.0 Å². The molecule has 0 aliphatic rings. The molecule has 0 amide bonds. The van der Waals surface area contributed by atoms with E-state index >= 15 is 0 Å². The number of likely N-dealkylation sites (N-methyl/N-ethyl adjacent to an activating group) is 1. The van der Waals surface area contributed by atoms with Crippen molar-refractivity contribution in [2.24, 2.45) is 0 Å². The van der Waals surface area contributed by atoms with Crippen molar-refractivity contribution >= 4 is 11.3 Å². The topological polar surface area (TPSA) is 37.4 Å². The zero-order chi connectivity index (χ0) is 11.8. The van der Waals surface area contributed by atoms with Gasteiger partial charge in [0.15, 0.2) is 0 Å². The molecule has 5 heteroatoms. The summed E-state index contributed by atoms with van der Waals surface area (Å²) in [6.45, 7) is 6.36. The fourth-order valence-corrected chi connectivity index (χ4v) is 1.96. The molecule has 1 N–H and O–H groups in total. The van der Waals surface area contributed by atoms with Gasteiger partial charge in [-0.25, -0.2) is 4.98 Å². The number of nitrogens with one attached hydrogen (secondary N) is 1. The molecule has 0 radical (unpaired) electrons. The minimum Gasteiger partial charge on any atom is -0.379 e. The molecule has 1 heterocycles. The molecule has 1 rings (SSSR count). The third-order valence-electron chi connectivity index (χ3n) is 2.07. The molecule has 1 aromatic rings. The summed E-state index contributed by atoms with van der Waals surface area (Å²) in [6, 6.07) is 0. The van der Waals surface area contributed by atoms with Crippen LogP contribution in [0.2, 0.25) is 0 Å². The quantitative estimate of drug-likeness (QED) is 0.694. The van der Waals surface area contributed by atoms with E-state index in [0.29, 0.717) is 0 Å². The summed E-state index contributed by atoms with van der Waals surface area (Å²) < 4.78 is 5.47. The van der Waals surface area contributed by atoms with Gasteiger partial charge in [0, 0.05) is 30.7 Å². The van der Waals surface area contributed by atoms with E-state index in [0.717, 1.165) is 37.9 Å². The average molecular weight is 243 g/mol. The third kappa shape index (κ3) is 6.17. The Labute approximate surface area is 102 Å². The van der Waals surface area contributed by atoms with Gasteiger partial charge in [-0.15, -0.1) is 11.3 Å². The Kier molecular flexibility index (Phi) is 6.56. The number of nitrogens with zero attached hydrogens (tertiary/aromatic N) is 2. The molecule has 0 unspecified atom stereocenters. The molecular weight excluding hydrogens is 222 g/mol. The van der Waals surface area contributed by atoms with Crippen molar-refractivity contribution in [3.05, 3.63) is 16.1 Å². The first-order valence-corrected chi connectivity index (χ1v) is 6.34. The molecule has 0 aliphatic carbocycles. The van der Waals surface area contributed by atoms with E-state index in [9.17, 15) is 0 Å². The molecule has 0 saturated heterocycles. The zero-order valence-electron chi connectivity index (χ0n) is 10.3. The fourth-order valence-electron chi connectivity index (χ4n) is 1.19. The first-order valence-electron chi connectivity index (χ1n) is 5.53. The van der Waals surface area contributed by atoms with Gasteiger partial charge in [0.1, 0.15) is 0 Å². The van der Waals surface area contributed by atoms with Crippen LogP contribution in [0.25, 0.3) is 0 Å². The molecule has 0 fully saturated rings. The van der Waals surface area contributed by atoms with Crippen LogP contribution in [0, 0.1) is 6.92 Å². The highest BCUT2D eigenvalue weighted by Gasteiger charge is 1.97. The van der Waals surface area contributed by atoms with Crippen LogP contribution in [0.4, 0.5) is 0 Å². The Balaban J connectivity index is 1.92. The highest BCUT2D eigenvalue weighted by molar-refractivity contribution is 7.11. The predicted octanol–water partition coefficient (Wildman–Crippen LogP) is 1.12. The lowest BCUT2D eigenvalue weighted by Gasteiger charge is -2.09. The Hall–Kier alpha value is -0.490. The number of hydrogen-bond donors (Lipinski definition) is 1. The lowest BCUT2D eigenvalue weighted by Crippen LogP contribution is -2.22. The Morgan fingerprint density at radius 2 is 2.25 bits per heavy atom. The van der Waals surface area contributed by atoms with Crippen molar-refractivity contribution in [3.8, 4) is 0 Å². The van der Waals surface area contributed by atoms with Gasteiger partial charge in [0.05, 0.1) is 18.2 Å². The number of hydrogen-bond acceptors (Lipinski definition) is 5. The van der Waals surface area contributed by atoms with Crippen molar-refractivity contribution in [2.45, 2.75) is 13.5 Å². The highest BCUT2D eigenvalue weighted by Crippen LogP contribution is 2.10. The summed E-state index contributed by atoms with van der Waals surface area (Å²) in [4.78, 5) is 7.61. The van der Waals surface area contributed by atoms with Gasteiger partial charge in [-0.1, -0.05) is 0 Å². The lowest BCUT2D eigenvalue weighted by molar-refractivity contribution is 0.119. The maximum Gasteiger partial charge on any atom is 0.0897 e. The molecule has 0 aromatic carbocycles. The summed E-state index contributed by atoms with van der Waals surface area (Å²) in [5, 5.41) is 4.46. The number of ether oxygens (including phenoxy) is 1. The van der Waals surface area contributed by atoms with Crippen LogP contribution in [0.5, 0.6) is 0 Å². The Morgan fingerprint density at radius 3 is 2.88 bits per heavy atom. The molecule has 16 heavy (non-hydrogen) atoms. The summed E-state index contributed by atoms with van der Waals surface area (Å²) in [5.74, 6) is 0. The van der Waals surface area contributed by atoms with Crippen molar-refractivity contribution in [1.82, 2.24) is 15.2 Å².